The Kier molecular flexibility index (Phi) is 4.55. The summed E-state index contributed by atoms with van der Waals surface area (Å²) in [6, 6.07) is 4.35. The highest BCUT2D eigenvalue weighted by molar-refractivity contribution is 6.16. The molecule has 0 spiro atoms. The van der Waals surface area contributed by atoms with Gasteiger partial charge >= 0.3 is 0 Å². The van der Waals surface area contributed by atoms with Gasteiger partial charge in [0.2, 0.25) is 0 Å². The van der Waals surface area contributed by atoms with Crippen molar-refractivity contribution in [3.63, 3.8) is 0 Å². The maximum Gasteiger partial charge on any atom is 0.165 e. The van der Waals surface area contributed by atoms with Gasteiger partial charge in [-0.2, -0.15) is 0 Å². The van der Waals surface area contributed by atoms with Crippen LogP contribution in [0.5, 0.6) is 5.75 Å². The number of rotatable bonds is 5. The molecule has 0 amide bonds. The molecule has 0 radical (unpaired) electrons. The van der Waals surface area contributed by atoms with Crippen LogP contribution < -0.4 is 15.8 Å². The molecule has 1 aromatic heterocycles. The fourth-order valence-electron chi connectivity index (χ4n) is 1.99. The van der Waals surface area contributed by atoms with Gasteiger partial charge in [-0.3, -0.25) is 5.41 Å². The van der Waals surface area contributed by atoms with Gasteiger partial charge in [-0.05, 0) is 32.0 Å². The molecule has 0 saturated heterocycles. The molecule has 0 aliphatic rings. The van der Waals surface area contributed by atoms with Crippen LogP contribution in [0.4, 0.5) is 16.0 Å². The first-order chi connectivity index (χ1) is 10.4. The molecule has 1 aromatic carbocycles. The Hall–Kier alpha value is -2.70. The van der Waals surface area contributed by atoms with Crippen molar-refractivity contribution in [2.24, 2.45) is 0 Å². The summed E-state index contributed by atoms with van der Waals surface area (Å²) in [4.78, 5) is 7.90. The summed E-state index contributed by atoms with van der Waals surface area (Å²) in [5.41, 5.74) is 6.56. The minimum absolute atomic E-state index is 0.0393. The van der Waals surface area contributed by atoms with Crippen LogP contribution in [0.15, 0.2) is 24.5 Å². The lowest BCUT2D eigenvalue weighted by atomic mass is 10.0. The zero-order valence-corrected chi connectivity index (χ0v) is 12.6. The van der Waals surface area contributed by atoms with E-state index in [9.17, 15) is 4.39 Å². The van der Waals surface area contributed by atoms with Gasteiger partial charge in [0.05, 0.1) is 17.4 Å². The number of anilines is 2. The number of ether oxygens (including phenoxy) is 1. The van der Waals surface area contributed by atoms with Crippen molar-refractivity contribution in [2.45, 2.75) is 20.0 Å². The number of hydrogen-bond acceptors (Lipinski definition) is 6. The molecule has 0 atom stereocenters. The number of nitrogen functional groups attached to an aromatic ring is 1. The molecule has 22 heavy (non-hydrogen) atoms. The normalized spacial score (nSPS) is 10.6. The molecular weight excluding hydrogens is 285 g/mol. The summed E-state index contributed by atoms with van der Waals surface area (Å²) in [6.07, 6.45) is 1.17. The molecule has 0 aliphatic carbocycles. The standard InChI is InChI=1S/C15H18FN5O/c1-8(2)22-11-5-4-9(6-10(11)16)13(17)12-14(18)20-7-21-15(12)19-3/h4-8,17H,1-3H3,(H3,18,19,20,21). The summed E-state index contributed by atoms with van der Waals surface area (Å²) >= 11 is 0. The minimum atomic E-state index is -0.530. The Bertz CT molecular complexity index is 702. The van der Waals surface area contributed by atoms with E-state index in [2.05, 4.69) is 15.3 Å². The maximum absolute atomic E-state index is 14.1. The van der Waals surface area contributed by atoms with Crippen LogP contribution >= 0.6 is 0 Å². The van der Waals surface area contributed by atoms with Crippen molar-refractivity contribution in [1.82, 2.24) is 9.97 Å². The lowest BCUT2D eigenvalue weighted by Crippen LogP contribution is -2.13. The topological polar surface area (TPSA) is 96.9 Å². The van der Waals surface area contributed by atoms with Crippen LogP contribution in [0.2, 0.25) is 0 Å². The van der Waals surface area contributed by atoms with Crippen molar-refractivity contribution in [3.05, 3.63) is 41.5 Å². The second-order valence-corrected chi connectivity index (χ2v) is 4.92. The molecule has 6 nitrogen and oxygen atoms in total. The molecule has 0 unspecified atom stereocenters. The lowest BCUT2D eigenvalue weighted by molar-refractivity contribution is 0.231. The Morgan fingerprint density at radius 3 is 2.68 bits per heavy atom. The first-order valence-corrected chi connectivity index (χ1v) is 6.77. The van der Waals surface area contributed by atoms with Crippen LogP contribution in [0, 0.1) is 11.2 Å². The number of hydrogen-bond donors (Lipinski definition) is 3. The number of nitrogens with zero attached hydrogens (tertiary/aromatic N) is 2. The van der Waals surface area contributed by atoms with Gasteiger partial charge in [-0.15, -0.1) is 0 Å². The highest BCUT2D eigenvalue weighted by Crippen LogP contribution is 2.25. The summed E-state index contributed by atoms with van der Waals surface area (Å²) < 4.78 is 19.4. The summed E-state index contributed by atoms with van der Waals surface area (Å²) in [5, 5.41) is 11.1. The molecule has 0 fully saturated rings. The second-order valence-electron chi connectivity index (χ2n) is 4.92. The predicted molar refractivity (Wildman–Crippen MR) is 84.1 cm³/mol. The molecule has 0 saturated carbocycles. The van der Waals surface area contributed by atoms with Crippen molar-refractivity contribution in [1.29, 1.82) is 5.41 Å². The van der Waals surface area contributed by atoms with Gasteiger partial charge in [0.25, 0.3) is 0 Å². The van der Waals surface area contributed by atoms with Gasteiger partial charge in [-0.1, -0.05) is 0 Å². The zero-order valence-electron chi connectivity index (χ0n) is 12.6. The largest absolute Gasteiger partial charge is 0.488 e. The van der Waals surface area contributed by atoms with Crippen LogP contribution in [0.1, 0.15) is 25.0 Å². The molecule has 1 heterocycles. The molecular formula is C15H18FN5O. The van der Waals surface area contributed by atoms with Gasteiger partial charge in [0.1, 0.15) is 18.0 Å². The highest BCUT2D eigenvalue weighted by Gasteiger charge is 2.17. The Balaban J connectivity index is 2.41. The number of nitrogens with two attached hydrogens (primary N) is 1. The third-order valence-electron chi connectivity index (χ3n) is 2.95. The Labute approximate surface area is 128 Å². The van der Waals surface area contributed by atoms with E-state index in [1.807, 2.05) is 13.8 Å². The number of nitrogens with one attached hydrogen (secondary N) is 2. The van der Waals surface area contributed by atoms with E-state index in [1.54, 1.807) is 13.1 Å². The van der Waals surface area contributed by atoms with Crippen molar-refractivity contribution in [2.75, 3.05) is 18.1 Å². The van der Waals surface area contributed by atoms with E-state index in [-0.39, 0.29) is 23.4 Å². The smallest absolute Gasteiger partial charge is 0.165 e. The quantitative estimate of drug-likeness (QED) is 0.737. The lowest BCUT2D eigenvalue weighted by Gasteiger charge is -2.14. The van der Waals surface area contributed by atoms with E-state index in [0.29, 0.717) is 16.9 Å². The predicted octanol–water partition coefficient (Wildman–Crippen LogP) is 2.44. The molecule has 2 aromatic rings. The molecule has 0 bridgehead atoms. The summed E-state index contributed by atoms with van der Waals surface area (Å²) in [6.45, 7) is 3.63. The van der Waals surface area contributed by atoms with E-state index in [1.165, 1.54) is 18.5 Å². The highest BCUT2D eigenvalue weighted by atomic mass is 19.1. The molecule has 7 heteroatoms. The van der Waals surface area contributed by atoms with E-state index < -0.39 is 5.82 Å². The first-order valence-electron chi connectivity index (χ1n) is 6.77. The average Bonchev–Trinajstić information content (AvgIpc) is 2.48. The minimum Gasteiger partial charge on any atom is -0.488 e. The fraction of sp³-hybridized carbons (Fsp3) is 0.267. The average molecular weight is 303 g/mol. The van der Waals surface area contributed by atoms with E-state index in [0.717, 1.165) is 0 Å². The maximum atomic E-state index is 14.1. The first kappa shape index (κ1) is 15.7. The monoisotopic (exact) mass is 303 g/mol. The fourth-order valence-corrected chi connectivity index (χ4v) is 1.99. The van der Waals surface area contributed by atoms with Gasteiger partial charge < -0.3 is 15.8 Å². The van der Waals surface area contributed by atoms with Gasteiger partial charge in [-0.25, -0.2) is 14.4 Å². The molecule has 2 rings (SSSR count). The zero-order chi connectivity index (χ0) is 16.3. The second kappa shape index (κ2) is 6.38. The molecule has 4 N–H and O–H groups in total. The number of benzene rings is 1. The van der Waals surface area contributed by atoms with Gasteiger partial charge in [0.15, 0.2) is 11.6 Å². The Morgan fingerprint density at radius 2 is 2.09 bits per heavy atom. The van der Waals surface area contributed by atoms with E-state index in [4.69, 9.17) is 15.9 Å². The summed E-state index contributed by atoms with van der Waals surface area (Å²) in [5.74, 6) is 0.197. The summed E-state index contributed by atoms with van der Waals surface area (Å²) in [7, 11) is 1.67. The third kappa shape index (κ3) is 3.13. The SMILES string of the molecule is CNc1ncnc(N)c1C(=N)c1ccc(OC(C)C)c(F)c1. The van der Waals surface area contributed by atoms with Crippen molar-refractivity contribution < 1.29 is 9.13 Å². The van der Waals surface area contributed by atoms with Gasteiger partial charge in [0, 0.05) is 12.6 Å². The van der Waals surface area contributed by atoms with E-state index >= 15 is 0 Å². The van der Waals surface area contributed by atoms with Crippen LogP contribution in [0.25, 0.3) is 0 Å². The van der Waals surface area contributed by atoms with Crippen LogP contribution in [-0.4, -0.2) is 28.8 Å². The number of halogens is 1. The molecule has 116 valence electrons. The number of aromatic nitrogens is 2. The van der Waals surface area contributed by atoms with Crippen LogP contribution in [-0.2, 0) is 0 Å². The third-order valence-corrected chi connectivity index (χ3v) is 2.95. The van der Waals surface area contributed by atoms with Crippen molar-refractivity contribution in [3.8, 4) is 5.75 Å². The Morgan fingerprint density at radius 1 is 1.36 bits per heavy atom. The molecule has 0 aliphatic heterocycles. The van der Waals surface area contributed by atoms with Crippen molar-refractivity contribution >= 4 is 17.3 Å². The van der Waals surface area contributed by atoms with Crippen LogP contribution in [0.3, 0.4) is 0 Å².